The molecule has 2 aromatic rings. The van der Waals surface area contributed by atoms with E-state index in [-0.39, 0.29) is 0 Å². The Hall–Kier alpha value is -0.600. The highest BCUT2D eigenvalue weighted by Crippen LogP contribution is 2.61. The molecule has 0 N–H and O–H groups in total. The molecule has 0 radical (unpaired) electrons. The van der Waals surface area contributed by atoms with E-state index in [9.17, 15) is 0 Å². The number of halogens is 2. The Morgan fingerprint density at radius 2 is 1.25 bits per heavy atom. The lowest BCUT2D eigenvalue weighted by Crippen LogP contribution is -2.43. The molecule has 3 aliphatic rings. The molecule has 0 nitrogen and oxygen atoms in total. The summed E-state index contributed by atoms with van der Waals surface area (Å²) in [6.45, 7) is 0. The number of rotatable bonds is 2. The van der Waals surface area contributed by atoms with Crippen molar-refractivity contribution in [2.24, 2.45) is 5.41 Å². The zero-order chi connectivity index (χ0) is 13.7. The standard InChI is InChI=1S/C18H16Br2/c19-10-18(11-20)9-16-12-5-1-3-7-14(12)17(18)15-8-4-2-6-13(15)16/h1-8,16-17H,9-11H2. The van der Waals surface area contributed by atoms with Gasteiger partial charge in [-0.3, -0.25) is 0 Å². The molecule has 0 aromatic heterocycles. The maximum absolute atomic E-state index is 3.80. The summed E-state index contributed by atoms with van der Waals surface area (Å²) in [5, 5.41) is 2.10. The summed E-state index contributed by atoms with van der Waals surface area (Å²) in [6.07, 6.45) is 1.24. The summed E-state index contributed by atoms with van der Waals surface area (Å²) in [7, 11) is 0. The summed E-state index contributed by atoms with van der Waals surface area (Å²) in [5.41, 5.74) is 6.48. The second-order valence-electron chi connectivity index (χ2n) is 6.08. The van der Waals surface area contributed by atoms with Gasteiger partial charge in [-0.25, -0.2) is 0 Å². The normalized spacial score (nSPS) is 25.1. The lowest BCUT2D eigenvalue weighted by atomic mass is 9.53. The van der Waals surface area contributed by atoms with Crippen molar-refractivity contribution >= 4 is 31.9 Å². The van der Waals surface area contributed by atoms with E-state index in [1.54, 1.807) is 22.3 Å². The van der Waals surface area contributed by atoms with E-state index in [1.165, 1.54) is 6.42 Å². The van der Waals surface area contributed by atoms with Crippen LogP contribution in [0.1, 0.15) is 40.5 Å². The van der Waals surface area contributed by atoms with Crippen molar-refractivity contribution in [3.63, 3.8) is 0 Å². The van der Waals surface area contributed by atoms with Gasteiger partial charge in [0.25, 0.3) is 0 Å². The average molecular weight is 392 g/mol. The number of fused-ring (bicyclic) bond motifs is 1. The first-order chi connectivity index (χ1) is 9.80. The maximum Gasteiger partial charge on any atom is 0.0168 e. The van der Waals surface area contributed by atoms with E-state index in [2.05, 4.69) is 80.4 Å². The van der Waals surface area contributed by atoms with Crippen LogP contribution in [0, 0.1) is 5.41 Å². The highest BCUT2D eigenvalue weighted by atomic mass is 79.9. The van der Waals surface area contributed by atoms with Crippen LogP contribution < -0.4 is 0 Å². The van der Waals surface area contributed by atoms with Gasteiger partial charge in [-0.2, -0.15) is 0 Å². The summed E-state index contributed by atoms with van der Waals surface area (Å²) >= 11 is 7.61. The molecule has 102 valence electrons. The van der Waals surface area contributed by atoms with E-state index < -0.39 is 0 Å². The molecular weight excluding hydrogens is 376 g/mol. The van der Waals surface area contributed by atoms with Gasteiger partial charge in [-0.1, -0.05) is 80.4 Å². The minimum atomic E-state index is 0.299. The fourth-order valence-electron chi connectivity index (χ4n) is 4.22. The molecule has 0 unspecified atom stereocenters. The fourth-order valence-corrected chi connectivity index (χ4v) is 6.25. The van der Waals surface area contributed by atoms with Crippen LogP contribution in [0.3, 0.4) is 0 Å². The predicted molar refractivity (Wildman–Crippen MR) is 91.2 cm³/mol. The van der Waals surface area contributed by atoms with Gasteiger partial charge >= 0.3 is 0 Å². The quantitative estimate of drug-likeness (QED) is 0.597. The van der Waals surface area contributed by atoms with Crippen molar-refractivity contribution in [1.29, 1.82) is 0 Å². The van der Waals surface area contributed by atoms with E-state index in [4.69, 9.17) is 0 Å². The molecule has 5 rings (SSSR count). The van der Waals surface area contributed by atoms with Crippen LogP contribution in [0.25, 0.3) is 0 Å². The van der Waals surface area contributed by atoms with Crippen LogP contribution >= 0.6 is 31.9 Å². The van der Waals surface area contributed by atoms with Crippen molar-refractivity contribution < 1.29 is 0 Å². The van der Waals surface area contributed by atoms with Crippen LogP contribution in [0.15, 0.2) is 48.5 Å². The van der Waals surface area contributed by atoms with Gasteiger partial charge in [-0.15, -0.1) is 0 Å². The van der Waals surface area contributed by atoms with Crippen LogP contribution in [0.5, 0.6) is 0 Å². The van der Waals surface area contributed by atoms with Crippen LogP contribution in [0.2, 0.25) is 0 Å². The molecule has 0 heterocycles. The minimum Gasteiger partial charge on any atom is -0.0921 e. The Labute approximate surface area is 136 Å². The number of alkyl halides is 2. The molecule has 0 amide bonds. The summed E-state index contributed by atoms with van der Waals surface area (Å²) < 4.78 is 0. The Morgan fingerprint density at radius 3 is 1.70 bits per heavy atom. The molecular formula is C18H16Br2. The third-order valence-electron chi connectivity index (χ3n) is 5.12. The summed E-state index contributed by atoms with van der Waals surface area (Å²) in [6, 6.07) is 18.1. The zero-order valence-corrected chi connectivity index (χ0v) is 14.3. The molecule has 2 aromatic carbocycles. The smallest absolute Gasteiger partial charge is 0.0168 e. The Kier molecular flexibility index (Phi) is 3.08. The Balaban J connectivity index is 2.03. The molecule has 0 aliphatic heterocycles. The summed E-state index contributed by atoms with van der Waals surface area (Å²) in [5.74, 6) is 1.07. The second kappa shape index (κ2) is 4.71. The van der Waals surface area contributed by atoms with Crippen LogP contribution in [0.4, 0.5) is 0 Å². The topological polar surface area (TPSA) is 0 Å². The maximum atomic E-state index is 3.80. The first kappa shape index (κ1) is 13.1. The highest BCUT2D eigenvalue weighted by Gasteiger charge is 2.51. The van der Waals surface area contributed by atoms with E-state index in [0.717, 1.165) is 10.7 Å². The summed E-state index contributed by atoms with van der Waals surface area (Å²) in [4.78, 5) is 0. The van der Waals surface area contributed by atoms with E-state index >= 15 is 0 Å². The molecule has 0 saturated carbocycles. The SMILES string of the molecule is BrCC1(CBr)CC2c3ccccc3C1c1ccccc12. The molecule has 3 aliphatic carbocycles. The highest BCUT2D eigenvalue weighted by molar-refractivity contribution is 9.09. The van der Waals surface area contributed by atoms with Crippen molar-refractivity contribution in [2.45, 2.75) is 18.3 Å². The molecule has 0 spiro atoms. The number of hydrogen-bond acceptors (Lipinski definition) is 0. The Bertz CT molecular complexity index is 610. The van der Waals surface area contributed by atoms with E-state index in [0.29, 0.717) is 17.3 Å². The van der Waals surface area contributed by atoms with Gasteiger partial charge in [0.2, 0.25) is 0 Å². The lowest BCUT2D eigenvalue weighted by molar-refractivity contribution is 0.254. The van der Waals surface area contributed by atoms with Crippen LogP contribution in [-0.2, 0) is 0 Å². The van der Waals surface area contributed by atoms with Crippen LogP contribution in [-0.4, -0.2) is 10.7 Å². The van der Waals surface area contributed by atoms with Crippen molar-refractivity contribution in [1.82, 2.24) is 0 Å². The molecule has 0 atom stereocenters. The molecule has 2 heteroatoms. The van der Waals surface area contributed by atoms with Gasteiger partial charge in [0, 0.05) is 27.9 Å². The molecule has 0 fully saturated rings. The zero-order valence-electron chi connectivity index (χ0n) is 11.2. The van der Waals surface area contributed by atoms with Crippen molar-refractivity contribution in [3.05, 3.63) is 70.8 Å². The Morgan fingerprint density at radius 1 is 0.800 bits per heavy atom. The van der Waals surface area contributed by atoms with E-state index in [1.807, 2.05) is 0 Å². The number of benzene rings is 2. The fraction of sp³-hybridized carbons (Fsp3) is 0.333. The minimum absolute atomic E-state index is 0.299. The molecule has 2 bridgehead atoms. The third kappa shape index (κ3) is 1.58. The van der Waals surface area contributed by atoms with Gasteiger partial charge in [0.05, 0.1) is 0 Å². The predicted octanol–water partition coefficient (Wildman–Crippen LogP) is 5.44. The second-order valence-corrected chi connectivity index (χ2v) is 7.20. The monoisotopic (exact) mass is 390 g/mol. The van der Waals surface area contributed by atoms with Gasteiger partial charge in [0.15, 0.2) is 0 Å². The van der Waals surface area contributed by atoms with Gasteiger partial charge < -0.3 is 0 Å². The first-order valence-corrected chi connectivity index (χ1v) is 9.34. The van der Waals surface area contributed by atoms with Crippen molar-refractivity contribution in [2.75, 3.05) is 10.7 Å². The molecule has 0 saturated heterocycles. The first-order valence-electron chi connectivity index (χ1n) is 7.10. The third-order valence-corrected chi connectivity index (χ3v) is 7.35. The van der Waals surface area contributed by atoms with Crippen molar-refractivity contribution in [3.8, 4) is 0 Å². The molecule has 20 heavy (non-hydrogen) atoms. The van der Waals surface area contributed by atoms with Gasteiger partial charge in [0.1, 0.15) is 0 Å². The average Bonchev–Trinajstić information content (AvgIpc) is 2.54. The van der Waals surface area contributed by atoms with Gasteiger partial charge in [-0.05, 0) is 28.7 Å². The number of hydrogen-bond donors (Lipinski definition) is 0. The largest absolute Gasteiger partial charge is 0.0921 e. The lowest BCUT2D eigenvalue weighted by Gasteiger charge is -2.52.